The number of hydrogen-bond acceptors (Lipinski definition) is 7. The van der Waals surface area contributed by atoms with E-state index in [1.807, 2.05) is 0 Å². The van der Waals surface area contributed by atoms with Crippen LogP contribution in [0.2, 0.25) is 0 Å². The molecule has 158 valence electrons. The Morgan fingerprint density at radius 2 is 1.61 bits per heavy atom. The molecule has 0 bridgehead atoms. The van der Waals surface area contributed by atoms with Crippen LogP contribution in [0.1, 0.15) is 13.8 Å². The first-order chi connectivity index (χ1) is 13.2. The highest BCUT2D eigenvalue weighted by Gasteiger charge is 2.30. The minimum Gasteiger partial charge on any atom is -0.493 e. The smallest absolute Gasteiger partial charge is 0.409 e. The molecule has 0 atom stereocenters. The van der Waals surface area contributed by atoms with E-state index in [1.165, 1.54) is 33.5 Å². The standard InChI is InChI=1S/C17H26N2O7S2/c1-3-25-17(20)18-9-11-19(12-10-18)28(23,24)16-7-5-15(6-8-16)26-13-14-27(21,22)4-2/h5-8H,3-4,9-14H2,1-2H3. The molecule has 0 aliphatic carbocycles. The maximum absolute atomic E-state index is 12.8. The van der Waals surface area contributed by atoms with Gasteiger partial charge in [0.2, 0.25) is 10.0 Å². The van der Waals surface area contributed by atoms with E-state index in [4.69, 9.17) is 9.47 Å². The molecule has 0 N–H and O–H groups in total. The van der Waals surface area contributed by atoms with Crippen molar-refractivity contribution in [3.05, 3.63) is 24.3 Å². The number of hydrogen-bond donors (Lipinski definition) is 0. The highest BCUT2D eigenvalue weighted by molar-refractivity contribution is 7.91. The summed E-state index contributed by atoms with van der Waals surface area (Å²) in [7, 11) is -6.80. The van der Waals surface area contributed by atoms with Crippen molar-refractivity contribution in [3.63, 3.8) is 0 Å². The fourth-order valence-electron chi connectivity index (χ4n) is 2.61. The van der Waals surface area contributed by atoms with Crippen molar-refractivity contribution < 1.29 is 31.1 Å². The molecule has 0 unspecified atom stereocenters. The molecular weight excluding hydrogens is 408 g/mol. The first-order valence-electron chi connectivity index (χ1n) is 9.04. The number of sulfonamides is 1. The van der Waals surface area contributed by atoms with Crippen molar-refractivity contribution in [2.45, 2.75) is 18.7 Å². The van der Waals surface area contributed by atoms with Crippen LogP contribution in [0, 0.1) is 0 Å². The first-order valence-corrected chi connectivity index (χ1v) is 12.3. The zero-order chi connectivity index (χ0) is 20.8. The summed E-state index contributed by atoms with van der Waals surface area (Å²) in [5.74, 6) is 0.364. The molecule has 28 heavy (non-hydrogen) atoms. The molecule has 1 amide bonds. The molecule has 1 fully saturated rings. The van der Waals surface area contributed by atoms with E-state index in [0.29, 0.717) is 5.75 Å². The van der Waals surface area contributed by atoms with E-state index in [2.05, 4.69) is 0 Å². The van der Waals surface area contributed by atoms with E-state index in [9.17, 15) is 21.6 Å². The number of carbonyl (C=O) groups is 1. The van der Waals surface area contributed by atoms with Crippen molar-refractivity contribution in [2.75, 3.05) is 50.9 Å². The minimum absolute atomic E-state index is 0.0120. The number of sulfone groups is 1. The number of carbonyl (C=O) groups excluding carboxylic acids is 1. The zero-order valence-corrected chi connectivity index (χ0v) is 17.7. The Balaban J connectivity index is 1.94. The van der Waals surface area contributed by atoms with Crippen molar-refractivity contribution in [3.8, 4) is 5.75 Å². The average Bonchev–Trinajstić information content (AvgIpc) is 2.68. The van der Waals surface area contributed by atoms with Gasteiger partial charge in [-0.15, -0.1) is 0 Å². The Bertz CT molecular complexity index is 859. The highest BCUT2D eigenvalue weighted by atomic mass is 32.2. The van der Waals surface area contributed by atoms with Crippen LogP contribution in [0.3, 0.4) is 0 Å². The first kappa shape index (κ1) is 22.4. The normalized spacial score (nSPS) is 16.0. The lowest BCUT2D eigenvalue weighted by molar-refractivity contribution is 0.0934. The van der Waals surface area contributed by atoms with Gasteiger partial charge in [-0.1, -0.05) is 6.92 Å². The summed E-state index contributed by atoms with van der Waals surface area (Å²) in [4.78, 5) is 13.3. The van der Waals surface area contributed by atoms with Gasteiger partial charge in [-0.25, -0.2) is 21.6 Å². The summed E-state index contributed by atoms with van der Waals surface area (Å²) in [6, 6.07) is 5.86. The van der Waals surface area contributed by atoms with Gasteiger partial charge < -0.3 is 14.4 Å². The molecule has 1 aliphatic heterocycles. The molecular formula is C17H26N2O7S2. The van der Waals surface area contributed by atoms with Crippen LogP contribution in [-0.2, 0) is 24.6 Å². The van der Waals surface area contributed by atoms with E-state index in [1.54, 1.807) is 13.8 Å². The Morgan fingerprint density at radius 3 is 2.14 bits per heavy atom. The molecule has 1 aromatic rings. The molecule has 0 spiro atoms. The largest absolute Gasteiger partial charge is 0.493 e. The number of nitrogens with zero attached hydrogens (tertiary/aromatic N) is 2. The lowest BCUT2D eigenvalue weighted by Gasteiger charge is -2.33. The fraction of sp³-hybridized carbons (Fsp3) is 0.588. The Morgan fingerprint density at radius 1 is 1.00 bits per heavy atom. The van der Waals surface area contributed by atoms with Gasteiger partial charge in [0.05, 0.1) is 17.3 Å². The summed E-state index contributed by atoms with van der Waals surface area (Å²) in [5, 5.41) is 0. The van der Waals surface area contributed by atoms with Crippen LogP contribution in [0.5, 0.6) is 5.75 Å². The van der Waals surface area contributed by atoms with Crippen molar-refractivity contribution in [1.82, 2.24) is 9.21 Å². The molecule has 11 heteroatoms. The van der Waals surface area contributed by atoms with Gasteiger partial charge in [0.15, 0.2) is 9.84 Å². The van der Waals surface area contributed by atoms with Crippen LogP contribution in [0.4, 0.5) is 4.79 Å². The Kier molecular flexibility index (Phi) is 7.67. The van der Waals surface area contributed by atoms with Gasteiger partial charge in [0.25, 0.3) is 0 Å². The van der Waals surface area contributed by atoms with Gasteiger partial charge in [-0.2, -0.15) is 4.31 Å². The lowest BCUT2D eigenvalue weighted by atomic mass is 10.3. The van der Waals surface area contributed by atoms with Crippen LogP contribution in [0.25, 0.3) is 0 Å². The molecule has 1 aromatic carbocycles. The predicted molar refractivity (Wildman–Crippen MR) is 104 cm³/mol. The molecule has 1 aliphatic rings. The second-order valence-corrected chi connectivity index (χ2v) is 10.6. The van der Waals surface area contributed by atoms with Crippen LogP contribution >= 0.6 is 0 Å². The summed E-state index contributed by atoms with van der Waals surface area (Å²) >= 11 is 0. The quantitative estimate of drug-likeness (QED) is 0.599. The van der Waals surface area contributed by atoms with Gasteiger partial charge in [0.1, 0.15) is 12.4 Å². The highest BCUT2D eigenvalue weighted by Crippen LogP contribution is 2.21. The third-order valence-electron chi connectivity index (χ3n) is 4.33. The predicted octanol–water partition coefficient (Wildman–Crippen LogP) is 0.963. The van der Waals surface area contributed by atoms with Gasteiger partial charge in [0, 0.05) is 31.9 Å². The van der Waals surface area contributed by atoms with E-state index in [-0.39, 0.29) is 55.8 Å². The SMILES string of the molecule is CCOC(=O)N1CCN(S(=O)(=O)c2ccc(OCCS(=O)(=O)CC)cc2)CC1. The van der Waals surface area contributed by atoms with Crippen molar-refractivity contribution >= 4 is 26.0 Å². The van der Waals surface area contributed by atoms with Gasteiger partial charge in [-0.05, 0) is 31.2 Å². The molecule has 0 aromatic heterocycles. The zero-order valence-electron chi connectivity index (χ0n) is 16.0. The monoisotopic (exact) mass is 434 g/mol. The van der Waals surface area contributed by atoms with Crippen LogP contribution in [0.15, 0.2) is 29.2 Å². The fourth-order valence-corrected chi connectivity index (χ4v) is 4.66. The van der Waals surface area contributed by atoms with E-state index in [0.717, 1.165) is 0 Å². The molecule has 1 saturated heterocycles. The van der Waals surface area contributed by atoms with Crippen LogP contribution in [-0.4, -0.2) is 83.0 Å². The summed E-state index contributed by atoms with van der Waals surface area (Å²) in [5.41, 5.74) is 0. The second kappa shape index (κ2) is 9.57. The maximum atomic E-state index is 12.8. The van der Waals surface area contributed by atoms with E-state index >= 15 is 0 Å². The number of rotatable bonds is 8. The number of piperazine rings is 1. The van der Waals surface area contributed by atoms with Crippen molar-refractivity contribution in [1.29, 1.82) is 0 Å². The van der Waals surface area contributed by atoms with Crippen LogP contribution < -0.4 is 4.74 Å². The van der Waals surface area contributed by atoms with Gasteiger partial charge >= 0.3 is 6.09 Å². The average molecular weight is 435 g/mol. The number of amides is 1. The van der Waals surface area contributed by atoms with Crippen molar-refractivity contribution in [2.24, 2.45) is 0 Å². The molecule has 0 radical (unpaired) electrons. The third kappa shape index (κ3) is 5.82. The molecule has 1 heterocycles. The van der Waals surface area contributed by atoms with E-state index < -0.39 is 26.0 Å². The topological polar surface area (TPSA) is 110 Å². The molecule has 2 rings (SSSR count). The Hall–Kier alpha value is -1.85. The summed E-state index contributed by atoms with van der Waals surface area (Å²) < 4.78 is 60.0. The molecule has 9 nitrogen and oxygen atoms in total. The summed E-state index contributed by atoms with van der Waals surface area (Å²) in [6.07, 6.45) is -0.439. The number of ether oxygens (including phenoxy) is 2. The maximum Gasteiger partial charge on any atom is 0.409 e. The lowest BCUT2D eigenvalue weighted by Crippen LogP contribution is -2.50. The third-order valence-corrected chi connectivity index (χ3v) is 7.91. The minimum atomic E-state index is -3.68. The van der Waals surface area contributed by atoms with Gasteiger partial charge in [-0.3, -0.25) is 0 Å². The summed E-state index contributed by atoms with van der Waals surface area (Å²) in [6.45, 7) is 4.49. The molecule has 0 saturated carbocycles. The second-order valence-electron chi connectivity index (χ2n) is 6.15. The number of benzene rings is 1. The Labute approximate surface area is 166 Å².